The van der Waals surface area contributed by atoms with Crippen LogP contribution in [0, 0.1) is 17.0 Å². The quantitative estimate of drug-likeness (QED) is 0.438. The molecule has 0 fully saturated rings. The minimum Gasteiger partial charge on any atom is -0.504 e. The maximum atomic E-state index is 10.9. The molecule has 0 aliphatic heterocycles. The Balaban J connectivity index is 2.04. The molecule has 116 valence electrons. The molecule has 0 spiro atoms. The summed E-state index contributed by atoms with van der Waals surface area (Å²) in [7, 11) is 0. The van der Waals surface area contributed by atoms with Gasteiger partial charge in [0.15, 0.2) is 17.2 Å². The molecule has 8 nitrogen and oxygen atoms in total. The Hall–Kier alpha value is -3.00. The van der Waals surface area contributed by atoms with E-state index in [1.54, 1.807) is 23.6 Å². The zero-order valence-electron chi connectivity index (χ0n) is 11.8. The molecule has 0 saturated carbocycles. The molecule has 0 radical (unpaired) electrons. The lowest BCUT2D eigenvalue weighted by atomic mass is 10.3. The molecule has 0 atom stereocenters. The van der Waals surface area contributed by atoms with Crippen LogP contribution >= 0.6 is 11.6 Å². The van der Waals surface area contributed by atoms with Crippen molar-refractivity contribution in [3.8, 4) is 5.75 Å². The average molecular weight is 332 g/mol. The van der Waals surface area contributed by atoms with Gasteiger partial charge < -0.3 is 5.11 Å². The zero-order valence-corrected chi connectivity index (χ0v) is 12.6. The lowest BCUT2D eigenvalue weighted by Gasteiger charge is -1.98. The fraction of sp³-hybridized carbons (Fsp3) is 0.0714. The number of pyridine rings is 1. The van der Waals surface area contributed by atoms with Crippen molar-refractivity contribution >= 4 is 34.4 Å². The minimum atomic E-state index is -0.584. The van der Waals surface area contributed by atoms with Gasteiger partial charge in [0.25, 0.3) is 5.69 Å². The molecular formula is C14H10ClN5O3. The number of fused-ring (bicyclic) bond motifs is 1. The van der Waals surface area contributed by atoms with Crippen molar-refractivity contribution in [1.29, 1.82) is 0 Å². The highest BCUT2D eigenvalue weighted by molar-refractivity contribution is 6.32. The van der Waals surface area contributed by atoms with Crippen LogP contribution in [0.1, 0.15) is 5.69 Å². The average Bonchev–Trinajstić information content (AvgIpc) is 2.83. The van der Waals surface area contributed by atoms with E-state index in [2.05, 4.69) is 15.2 Å². The minimum absolute atomic E-state index is 0.0270. The van der Waals surface area contributed by atoms with E-state index >= 15 is 0 Å². The highest BCUT2D eigenvalue weighted by atomic mass is 35.5. The number of nitrogens with zero attached hydrogens (tertiary/aromatic N) is 5. The number of benzene rings is 1. The number of nitro benzene ring substituents is 1. The molecule has 2 heterocycles. The summed E-state index contributed by atoms with van der Waals surface area (Å²) in [4.78, 5) is 14.5. The SMILES string of the molecule is Cc1nc2c(O)cccn2c1N=Nc1ccc(Cl)c([N+](=O)[O-])c1. The zero-order chi connectivity index (χ0) is 16.6. The summed E-state index contributed by atoms with van der Waals surface area (Å²) >= 11 is 5.76. The number of aromatic hydroxyl groups is 1. The number of imidazole rings is 1. The van der Waals surface area contributed by atoms with E-state index in [9.17, 15) is 15.2 Å². The predicted molar refractivity (Wildman–Crippen MR) is 83.9 cm³/mol. The number of hydrogen-bond donors (Lipinski definition) is 1. The van der Waals surface area contributed by atoms with E-state index in [1.165, 1.54) is 24.3 Å². The van der Waals surface area contributed by atoms with E-state index < -0.39 is 4.92 Å². The fourth-order valence-electron chi connectivity index (χ4n) is 2.08. The van der Waals surface area contributed by atoms with Crippen molar-refractivity contribution in [2.75, 3.05) is 0 Å². The third-order valence-electron chi connectivity index (χ3n) is 3.16. The fourth-order valence-corrected chi connectivity index (χ4v) is 2.27. The summed E-state index contributed by atoms with van der Waals surface area (Å²) in [6.07, 6.45) is 1.69. The summed E-state index contributed by atoms with van der Waals surface area (Å²) in [6.45, 7) is 1.73. The molecule has 2 aromatic heterocycles. The third kappa shape index (κ3) is 2.71. The normalized spacial score (nSPS) is 11.4. The van der Waals surface area contributed by atoms with Crippen LogP contribution in [0.3, 0.4) is 0 Å². The first-order chi connectivity index (χ1) is 11.0. The number of hydrogen-bond acceptors (Lipinski definition) is 6. The molecule has 1 aromatic carbocycles. The summed E-state index contributed by atoms with van der Waals surface area (Å²) in [5.74, 6) is 0.452. The van der Waals surface area contributed by atoms with Gasteiger partial charge in [-0.15, -0.1) is 10.2 Å². The summed E-state index contributed by atoms with van der Waals surface area (Å²) < 4.78 is 1.58. The van der Waals surface area contributed by atoms with Gasteiger partial charge in [0, 0.05) is 12.3 Å². The largest absolute Gasteiger partial charge is 0.504 e. The van der Waals surface area contributed by atoms with Crippen LogP contribution < -0.4 is 0 Å². The number of halogens is 1. The van der Waals surface area contributed by atoms with Crippen molar-refractivity contribution < 1.29 is 10.0 Å². The van der Waals surface area contributed by atoms with E-state index in [4.69, 9.17) is 11.6 Å². The second-order valence-electron chi connectivity index (χ2n) is 4.70. The van der Waals surface area contributed by atoms with Crippen LogP contribution in [0.2, 0.25) is 5.02 Å². The van der Waals surface area contributed by atoms with Gasteiger partial charge >= 0.3 is 0 Å². The smallest absolute Gasteiger partial charge is 0.290 e. The van der Waals surface area contributed by atoms with Gasteiger partial charge in [-0.2, -0.15) is 0 Å². The molecule has 0 bridgehead atoms. The summed E-state index contributed by atoms with van der Waals surface area (Å²) in [5, 5.41) is 28.8. The van der Waals surface area contributed by atoms with Crippen LogP contribution in [-0.4, -0.2) is 19.4 Å². The number of rotatable bonds is 3. The van der Waals surface area contributed by atoms with Crippen LogP contribution in [0.15, 0.2) is 46.8 Å². The van der Waals surface area contributed by atoms with Gasteiger partial charge in [0.05, 0.1) is 16.3 Å². The molecule has 0 aliphatic carbocycles. The highest BCUT2D eigenvalue weighted by Gasteiger charge is 2.13. The topological polar surface area (TPSA) is 105 Å². The van der Waals surface area contributed by atoms with Crippen molar-refractivity contribution in [1.82, 2.24) is 9.38 Å². The standard InChI is InChI=1S/C14H10ClN5O3/c1-8-13(19-6-2-3-12(21)14(19)16-8)18-17-9-4-5-10(15)11(7-9)20(22)23/h2-7,21H,1H3. The Morgan fingerprint density at radius 1 is 1.35 bits per heavy atom. The highest BCUT2D eigenvalue weighted by Crippen LogP contribution is 2.31. The van der Waals surface area contributed by atoms with Gasteiger partial charge in [0.2, 0.25) is 0 Å². The van der Waals surface area contributed by atoms with Gasteiger partial charge in [0.1, 0.15) is 5.02 Å². The Morgan fingerprint density at radius 2 is 2.13 bits per heavy atom. The molecule has 0 aliphatic rings. The first-order valence-corrected chi connectivity index (χ1v) is 6.87. The van der Waals surface area contributed by atoms with Crippen molar-refractivity contribution in [3.05, 3.63) is 57.4 Å². The maximum Gasteiger partial charge on any atom is 0.290 e. The Morgan fingerprint density at radius 3 is 2.87 bits per heavy atom. The second-order valence-corrected chi connectivity index (χ2v) is 5.11. The Kier molecular flexibility index (Phi) is 3.67. The monoisotopic (exact) mass is 331 g/mol. The Bertz CT molecular complexity index is 951. The Labute approximate surface area is 134 Å². The number of nitro groups is 1. The molecule has 23 heavy (non-hydrogen) atoms. The molecule has 0 saturated heterocycles. The van der Waals surface area contributed by atoms with Crippen LogP contribution in [0.25, 0.3) is 5.65 Å². The summed E-state index contributed by atoms with van der Waals surface area (Å²) in [5.41, 5.74) is 0.978. The lowest BCUT2D eigenvalue weighted by molar-refractivity contribution is -0.384. The van der Waals surface area contributed by atoms with Gasteiger partial charge in [-0.05, 0) is 31.2 Å². The molecular weight excluding hydrogens is 322 g/mol. The number of aryl methyl sites for hydroxylation is 1. The van der Waals surface area contributed by atoms with Gasteiger partial charge in [-0.1, -0.05) is 11.6 Å². The number of azo groups is 1. The molecule has 9 heteroatoms. The van der Waals surface area contributed by atoms with Gasteiger partial charge in [-0.25, -0.2) is 4.98 Å². The molecule has 1 N–H and O–H groups in total. The third-order valence-corrected chi connectivity index (χ3v) is 3.48. The van der Waals surface area contributed by atoms with E-state index in [0.29, 0.717) is 17.2 Å². The summed E-state index contributed by atoms with van der Waals surface area (Å²) in [6, 6.07) is 7.32. The first kappa shape index (κ1) is 14.9. The van der Waals surface area contributed by atoms with Crippen molar-refractivity contribution in [2.45, 2.75) is 6.92 Å². The molecule has 3 aromatic rings. The van der Waals surface area contributed by atoms with Gasteiger partial charge in [-0.3, -0.25) is 14.5 Å². The van der Waals surface area contributed by atoms with E-state index in [-0.39, 0.29) is 22.1 Å². The lowest BCUT2D eigenvalue weighted by Crippen LogP contribution is -1.88. The molecule has 0 amide bonds. The first-order valence-electron chi connectivity index (χ1n) is 6.49. The number of aromatic nitrogens is 2. The predicted octanol–water partition coefficient (Wildman–Crippen LogP) is 4.33. The van der Waals surface area contributed by atoms with E-state index in [1.807, 2.05) is 0 Å². The molecule has 3 rings (SSSR count). The van der Waals surface area contributed by atoms with E-state index in [0.717, 1.165) is 0 Å². The van der Waals surface area contributed by atoms with Crippen molar-refractivity contribution in [2.24, 2.45) is 10.2 Å². The maximum absolute atomic E-state index is 10.9. The van der Waals surface area contributed by atoms with Crippen LogP contribution in [-0.2, 0) is 0 Å². The van der Waals surface area contributed by atoms with Crippen LogP contribution in [0.5, 0.6) is 5.75 Å². The second kappa shape index (κ2) is 5.65. The van der Waals surface area contributed by atoms with Crippen molar-refractivity contribution in [3.63, 3.8) is 0 Å². The molecule has 0 unspecified atom stereocenters. The van der Waals surface area contributed by atoms with Crippen LogP contribution in [0.4, 0.5) is 17.2 Å².